The number of nitrogens with one attached hydrogen (secondary N) is 1. The van der Waals surface area contributed by atoms with Gasteiger partial charge in [-0.25, -0.2) is 0 Å². The van der Waals surface area contributed by atoms with Crippen LogP contribution in [0, 0.1) is 0 Å². The summed E-state index contributed by atoms with van der Waals surface area (Å²) in [5.41, 5.74) is 0. The molecule has 0 aliphatic carbocycles. The van der Waals surface area contributed by atoms with E-state index in [9.17, 15) is 0 Å². The summed E-state index contributed by atoms with van der Waals surface area (Å²) >= 11 is 0. The predicted octanol–water partition coefficient (Wildman–Crippen LogP) is 2.93. The molecule has 0 bridgehead atoms. The smallest absolute Gasteiger partial charge is 0.0250 e. The second kappa shape index (κ2) is 11.4. The average Bonchev–Trinajstić information content (AvgIpc) is 2.04. The van der Waals surface area contributed by atoms with Crippen LogP contribution in [0.5, 0.6) is 0 Å². The van der Waals surface area contributed by atoms with Crippen LogP contribution in [0.15, 0.2) is 12.8 Å². The molecule has 1 heteroatoms. The quantitative estimate of drug-likeness (QED) is 0.638. The van der Waals surface area contributed by atoms with Gasteiger partial charge in [-0.1, -0.05) is 34.3 Å². The van der Waals surface area contributed by atoms with Gasteiger partial charge < -0.3 is 5.32 Å². The van der Waals surface area contributed by atoms with Gasteiger partial charge in [-0.3, -0.25) is 0 Å². The maximum Gasteiger partial charge on any atom is 0.0250 e. The van der Waals surface area contributed by atoms with E-state index < -0.39 is 0 Å². The summed E-state index contributed by atoms with van der Waals surface area (Å²) in [7, 11) is 0. The van der Waals surface area contributed by atoms with E-state index in [2.05, 4.69) is 25.7 Å². The Bertz CT molecular complexity index is 55.7. The first kappa shape index (κ1) is 12.2. The van der Waals surface area contributed by atoms with Crippen LogP contribution in [0.4, 0.5) is 0 Å². The molecule has 0 radical (unpaired) electrons. The first-order valence-corrected chi connectivity index (χ1v) is 4.22. The third-order valence-electron chi connectivity index (χ3n) is 1.34. The molecule has 0 aromatic rings. The fourth-order valence-electron chi connectivity index (χ4n) is 0.691. The maximum atomic E-state index is 3.59. The minimum absolute atomic E-state index is 0.632. The minimum Gasteiger partial charge on any atom is -0.389 e. The van der Waals surface area contributed by atoms with E-state index in [4.69, 9.17) is 0 Å². The van der Waals surface area contributed by atoms with E-state index in [1.54, 1.807) is 6.20 Å². The van der Waals surface area contributed by atoms with Crippen molar-refractivity contribution in [3.8, 4) is 0 Å². The van der Waals surface area contributed by atoms with Crippen LogP contribution in [0.1, 0.15) is 40.5 Å². The van der Waals surface area contributed by atoms with Crippen molar-refractivity contribution >= 4 is 0 Å². The highest BCUT2D eigenvalue weighted by Crippen LogP contribution is 1.93. The predicted molar refractivity (Wildman–Crippen MR) is 49.1 cm³/mol. The highest BCUT2D eigenvalue weighted by molar-refractivity contribution is 4.70. The lowest BCUT2D eigenvalue weighted by Gasteiger charge is -2.10. The van der Waals surface area contributed by atoms with Crippen molar-refractivity contribution in [1.82, 2.24) is 5.32 Å². The molecule has 0 fully saturated rings. The Balaban J connectivity index is 0. The molecule has 0 saturated carbocycles. The van der Waals surface area contributed by atoms with E-state index in [0.717, 1.165) is 0 Å². The molecule has 0 aliphatic heterocycles. The standard InChI is InChI=1S/C7H15N.C2H6/c1-4-7(5-2)8-6-3;1-2/h6-8H,3-5H2,1-2H3;1-2H3. The van der Waals surface area contributed by atoms with Crippen LogP contribution >= 0.6 is 0 Å². The largest absolute Gasteiger partial charge is 0.389 e. The Hall–Kier alpha value is -0.460. The van der Waals surface area contributed by atoms with Crippen LogP contribution in [-0.2, 0) is 0 Å². The topological polar surface area (TPSA) is 12.0 Å². The third-order valence-corrected chi connectivity index (χ3v) is 1.34. The van der Waals surface area contributed by atoms with Gasteiger partial charge in [0.2, 0.25) is 0 Å². The molecule has 0 aliphatic rings. The van der Waals surface area contributed by atoms with Crippen molar-refractivity contribution < 1.29 is 0 Å². The van der Waals surface area contributed by atoms with E-state index >= 15 is 0 Å². The lowest BCUT2D eigenvalue weighted by molar-refractivity contribution is 0.552. The molecule has 62 valence electrons. The first-order chi connectivity index (χ1) is 4.85. The van der Waals surface area contributed by atoms with Crippen LogP contribution in [-0.4, -0.2) is 6.04 Å². The number of hydrogen-bond acceptors (Lipinski definition) is 1. The van der Waals surface area contributed by atoms with Crippen LogP contribution in [0.25, 0.3) is 0 Å². The summed E-state index contributed by atoms with van der Waals surface area (Å²) < 4.78 is 0. The van der Waals surface area contributed by atoms with Crippen molar-refractivity contribution in [3.05, 3.63) is 12.8 Å². The zero-order valence-electron chi connectivity index (χ0n) is 7.78. The monoisotopic (exact) mass is 143 g/mol. The Morgan fingerprint density at radius 3 is 1.80 bits per heavy atom. The summed E-state index contributed by atoms with van der Waals surface area (Å²) in [6, 6.07) is 0.632. The van der Waals surface area contributed by atoms with Gasteiger partial charge >= 0.3 is 0 Å². The fourth-order valence-corrected chi connectivity index (χ4v) is 0.691. The van der Waals surface area contributed by atoms with Crippen molar-refractivity contribution in [3.63, 3.8) is 0 Å². The van der Waals surface area contributed by atoms with Gasteiger partial charge in [0.25, 0.3) is 0 Å². The van der Waals surface area contributed by atoms with Gasteiger partial charge in [0.05, 0.1) is 0 Å². The van der Waals surface area contributed by atoms with Crippen molar-refractivity contribution in [2.45, 2.75) is 46.6 Å². The molecule has 1 nitrogen and oxygen atoms in total. The molecule has 0 saturated heterocycles. The number of hydrogen-bond donors (Lipinski definition) is 1. The van der Waals surface area contributed by atoms with E-state index in [-0.39, 0.29) is 0 Å². The molecular formula is C9H21N. The fraction of sp³-hybridized carbons (Fsp3) is 0.778. The van der Waals surface area contributed by atoms with Gasteiger partial charge in [0, 0.05) is 6.04 Å². The van der Waals surface area contributed by atoms with Crippen molar-refractivity contribution in [2.75, 3.05) is 0 Å². The minimum atomic E-state index is 0.632. The molecule has 0 spiro atoms. The van der Waals surface area contributed by atoms with Crippen LogP contribution in [0.3, 0.4) is 0 Å². The molecule has 0 atom stereocenters. The lowest BCUT2D eigenvalue weighted by Crippen LogP contribution is -2.21. The third kappa shape index (κ3) is 7.54. The zero-order chi connectivity index (χ0) is 8.41. The van der Waals surface area contributed by atoms with E-state index in [1.165, 1.54) is 12.8 Å². The molecule has 0 aromatic carbocycles. The summed E-state index contributed by atoms with van der Waals surface area (Å²) in [5.74, 6) is 0. The summed E-state index contributed by atoms with van der Waals surface area (Å²) in [6.07, 6.45) is 4.13. The summed E-state index contributed by atoms with van der Waals surface area (Å²) in [5, 5.41) is 3.15. The molecule has 0 unspecified atom stereocenters. The van der Waals surface area contributed by atoms with E-state index in [0.29, 0.717) is 6.04 Å². The first-order valence-electron chi connectivity index (χ1n) is 4.22. The van der Waals surface area contributed by atoms with Crippen molar-refractivity contribution in [2.24, 2.45) is 0 Å². The number of rotatable bonds is 4. The molecular weight excluding hydrogens is 122 g/mol. The van der Waals surface area contributed by atoms with Gasteiger partial charge in [0.15, 0.2) is 0 Å². The van der Waals surface area contributed by atoms with Crippen LogP contribution in [0.2, 0.25) is 0 Å². The molecule has 0 aromatic heterocycles. The molecule has 10 heavy (non-hydrogen) atoms. The molecule has 1 N–H and O–H groups in total. The molecule has 0 rings (SSSR count). The Morgan fingerprint density at radius 1 is 1.30 bits per heavy atom. The molecule has 0 amide bonds. The van der Waals surface area contributed by atoms with Gasteiger partial charge in [-0.05, 0) is 19.0 Å². The SMILES string of the molecule is C=CNC(CC)CC.CC. The Kier molecular flexibility index (Phi) is 13.9. The maximum absolute atomic E-state index is 3.59. The van der Waals surface area contributed by atoms with Gasteiger partial charge in [-0.2, -0.15) is 0 Å². The average molecular weight is 143 g/mol. The Labute approximate surface area is 65.5 Å². The Morgan fingerprint density at radius 2 is 1.70 bits per heavy atom. The van der Waals surface area contributed by atoms with Crippen molar-refractivity contribution in [1.29, 1.82) is 0 Å². The highest BCUT2D eigenvalue weighted by Gasteiger charge is 1.95. The second-order valence-corrected chi connectivity index (χ2v) is 1.88. The second-order valence-electron chi connectivity index (χ2n) is 1.88. The van der Waals surface area contributed by atoms with E-state index in [1.807, 2.05) is 13.8 Å². The van der Waals surface area contributed by atoms with Gasteiger partial charge in [0.1, 0.15) is 0 Å². The summed E-state index contributed by atoms with van der Waals surface area (Å²) in [4.78, 5) is 0. The highest BCUT2D eigenvalue weighted by atomic mass is 14.9. The molecule has 0 heterocycles. The normalized spacial score (nSPS) is 8.10. The lowest BCUT2D eigenvalue weighted by atomic mass is 10.2. The van der Waals surface area contributed by atoms with Crippen LogP contribution < -0.4 is 5.32 Å². The zero-order valence-corrected chi connectivity index (χ0v) is 7.78. The summed E-state index contributed by atoms with van der Waals surface area (Å²) in [6.45, 7) is 11.9. The van der Waals surface area contributed by atoms with Gasteiger partial charge in [-0.15, -0.1) is 0 Å².